The minimum atomic E-state index is -0.337. The van der Waals surface area contributed by atoms with E-state index in [2.05, 4.69) is 10.3 Å². The smallest absolute Gasteiger partial charge is 0.273 e. The van der Waals surface area contributed by atoms with Gasteiger partial charge in [-0.15, -0.1) is 11.3 Å². The number of benzene rings is 1. The fraction of sp³-hybridized carbons (Fsp3) is 0.421. The molecule has 0 bridgehead atoms. The van der Waals surface area contributed by atoms with E-state index < -0.39 is 0 Å². The van der Waals surface area contributed by atoms with Crippen LogP contribution in [0.3, 0.4) is 0 Å². The topological polar surface area (TPSA) is 91.8 Å². The zero-order valence-electron chi connectivity index (χ0n) is 15.4. The highest BCUT2D eigenvalue weighted by Gasteiger charge is 2.25. The molecule has 0 unspecified atom stereocenters. The Morgan fingerprint density at radius 3 is 2.71 bits per heavy atom. The SMILES string of the molecule is C[C@@H](NC(=O)COc1ccc(Cl)cc1)c1nc(C(=O)N2CCC(O)CC2)cs1. The number of thiazole rings is 1. The highest BCUT2D eigenvalue weighted by Crippen LogP contribution is 2.21. The second-order valence-electron chi connectivity index (χ2n) is 6.63. The number of likely N-dealkylation sites (tertiary alicyclic amines) is 1. The maximum atomic E-state index is 12.5. The van der Waals surface area contributed by atoms with Gasteiger partial charge in [0.25, 0.3) is 11.8 Å². The summed E-state index contributed by atoms with van der Waals surface area (Å²) in [7, 11) is 0. The van der Waals surface area contributed by atoms with Crippen LogP contribution in [0.1, 0.15) is 41.3 Å². The lowest BCUT2D eigenvalue weighted by molar-refractivity contribution is -0.123. The number of amides is 2. The first-order valence-corrected chi connectivity index (χ1v) is 10.3. The molecule has 1 aromatic carbocycles. The number of ether oxygens (including phenoxy) is 1. The summed E-state index contributed by atoms with van der Waals surface area (Å²) in [6.45, 7) is 2.74. The molecule has 3 rings (SSSR count). The van der Waals surface area contributed by atoms with Crippen LogP contribution in [-0.2, 0) is 4.79 Å². The highest BCUT2D eigenvalue weighted by molar-refractivity contribution is 7.09. The quantitative estimate of drug-likeness (QED) is 0.745. The zero-order chi connectivity index (χ0) is 20.1. The number of halogens is 1. The molecule has 28 heavy (non-hydrogen) atoms. The summed E-state index contributed by atoms with van der Waals surface area (Å²) in [6.07, 6.45) is 0.839. The van der Waals surface area contributed by atoms with Crippen LogP contribution in [0.15, 0.2) is 29.6 Å². The molecule has 150 valence electrons. The fourth-order valence-electron chi connectivity index (χ4n) is 2.84. The number of nitrogens with one attached hydrogen (secondary N) is 1. The van der Waals surface area contributed by atoms with E-state index in [4.69, 9.17) is 16.3 Å². The third kappa shape index (κ3) is 5.43. The van der Waals surface area contributed by atoms with Crippen LogP contribution in [0.5, 0.6) is 5.75 Å². The van der Waals surface area contributed by atoms with Gasteiger partial charge in [0.05, 0.1) is 12.1 Å². The van der Waals surface area contributed by atoms with Crippen LogP contribution in [-0.4, -0.2) is 52.6 Å². The van der Waals surface area contributed by atoms with Crippen molar-refractivity contribution in [2.24, 2.45) is 0 Å². The van der Waals surface area contributed by atoms with Crippen molar-refractivity contribution in [1.82, 2.24) is 15.2 Å². The van der Waals surface area contributed by atoms with E-state index in [1.54, 1.807) is 34.5 Å². The molecule has 7 nitrogen and oxygen atoms in total. The van der Waals surface area contributed by atoms with Crippen LogP contribution in [0.4, 0.5) is 0 Å². The molecule has 2 N–H and O–H groups in total. The number of carbonyl (C=O) groups is 2. The van der Waals surface area contributed by atoms with Gasteiger partial charge in [0.1, 0.15) is 16.5 Å². The summed E-state index contributed by atoms with van der Waals surface area (Å²) in [5.41, 5.74) is 0.370. The molecule has 1 fully saturated rings. The van der Waals surface area contributed by atoms with Crippen LogP contribution < -0.4 is 10.1 Å². The molecule has 0 saturated carbocycles. The van der Waals surface area contributed by atoms with Crippen molar-refractivity contribution in [2.75, 3.05) is 19.7 Å². The number of carbonyl (C=O) groups excluding carboxylic acids is 2. The molecular formula is C19H22ClN3O4S. The largest absolute Gasteiger partial charge is 0.484 e. The van der Waals surface area contributed by atoms with Crippen LogP contribution >= 0.6 is 22.9 Å². The van der Waals surface area contributed by atoms with Crippen molar-refractivity contribution in [3.8, 4) is 5.75 Å². The Balaban J connectivity index is 1.50. The highest BCUT2D eigenvalue weighted by atomic mass is 35.5. The summed E-state index contributed by atoms with van der Waals surface area (Å²) >= 11 is 7.14. The van der Waals surface area contributed by atoms with Crippen molar-refractivity contribution in [3.63, 3.8) is 0 Å². The van der Waals surface area contributed by atoms with E-state index in [-0.39, 0.29) is 30.6 Å². The minimum Gasteiger partial charge on any atom is -0.484 e. The van der Waals surface area contributed by atoms with Gasteiger partial charge in [0, 0.05) is 23.5 Å². The standard InChI is InChI=1S/C19H22ClN3O4S/c1-12(21-17(25)10-27-15-4-2-13(20)3-5-15)18-22-16(11-28-18)19(26)23-8-6-14(24)7-9-23/h2-5,11-12,14,24H,6-10H2,1H3,(H,21,25)/t12-/m1/s1. The third-order valence-electron chi connectivity index (χ3n) is 4.42. The first-order chi connectivity index (χ1) is 13.4. The molecule has 1 aromatic heterocycles. The van der Waals surface area contributed by atoms with Crippen molar-refractivity contribution < 1.29 is 19.4 Å². The Bertz CT molecular complexity index is 819. The van der Waals surface area contributed by atoms with Gasteiger partial charge in [-0.1, -0.05) is 11.6 Å². The summed E-state index contributed by atoms with van der Waals surface area (Å²) in [5, 5.41) is 15.3. The molecule has 2 amide bonds. The molecule has 0 aliphatic carbocycles. The van der Waals surface area contributed by atoms with Gasteiger partial charge < -0.3 is 20.1 Å². The molecule has 1 aliphatic heterocycles. The van der Waals surface area contributed by atoms with E-state index in [1.807, 2.05) is 6.92 Å². The van der Waals surface area contributed by atoms with E-state index in [1.165, 1.54) is 11.3 Å². The first-order valence-electron chi connectivity index (χ1n) is 9.03. The van der Waals surface area contributed by atoms with Gasteiger partial charge in [-0.25, -0.2) is 4.98 Å². The van der Waals surface area contributed by atoms with Crippen molar-refractivity contribution in [1.29, 1.82) is 0 Å². The van der Waals surface area contributed by atoms with E-state index in [0.717, 1.165) is 0 Å². The van der Waals surface area contributed by atoms with E-state index in [0.29, 0.717) is 47.4 Å². The number of nitrogens with zero attached hydrogens (tertiary/aromatic N) is 2. The average molecular weight is 424 g/mol. The van der Waals surface area contributed by atoms with Gasteiger partial charge in [-0.05, 0) is 44.0 Å². The predicted octanol–water partition coefficient (Wildman–Crippen LogP) is 2.65. The number of piperidine rings is 1. The van der Waals surface area contributed by atoms with Gasteiger partial charge in [0.2, 0.25) is 0 Å². The average Bonchev–Trinajstić information content (AvgIpc) is 3.18. The minimum absolute atomic E-state index is 0.126. The Labute approximate surface area is 172 Å². The van der Waals surface area contributed by atoms with Crippen LogP contribution in [0.25, 0.3) is 0 Å². The summed E-state index contributed by atoms with van der Waals surface area (Å²) in [5.74, 6) is 0.135. The molecule has 1 aliphatic rings. The number of hydrogen-bond donors (Lipinski definition) is 2. The lowest BCUT2D eigenvalue weighted by Gasteiger charge is -2.28. The Kier molecular flexibility index (Phi) is 6.88. The van der Waals surface area contributed by atoms with Crippen molar-refractivity contribution in [3.05, 3.63) is 45.4 Å². The molecule has 0 radical (unpaired) electrons. The summed E-state index contributed by atoms with van der Waals surface area (Å²) in [4.78, 5) is 30.7. The molecule has 1 atom stereocenters. The number of hydrogen-bond acceptors (Lipinski definition) is 6. The lowest BCUT2D eigenvalue weighted by Crippen LogP contribution is -2.40. The lowest BCUT2D eigenvalue weighted by atomic mass is 10.1. The second-order valence-corrected chi connectivity index (χ2v) is 7.95. The molecule has 9 heteroatoms. The van der Waals surface area contributed by atoms with Gasteiger partial charge >= 0.3 is 0 Å². The van der Waals surface area contributed by atoms with Crippen molar-refractivity contribution >= 4 is 34.8 Å². The molecule has 1 saturated heterocycles. The second kappa shape index (κ2) is 9.36. The maximum Gasteiger partial charge on any atom is 0.273 e. The Morgan fingerprint density at radius 2 is 2.04 bits per heavy atom. The Morgan fingerprint density at radius 1 is 1.36 bits per heavy atom. The summed E-state index contributed by atoms with van der Waals surface area (Å²) < 4.78 is 5.42. The van der Waals surface area contributed by atoms with Crippen LogP contribution in [0.2, 0.25) is 5.02 Å². The molecule has 2 heterocycles. The van der Waals surface area contributed by atoms with E-state index in [9.17, 15) is 14.7 Å². The van der Waals surface area contributed by atoms with Gasteiger partial charge in [-0.3, -0.25) is 9.59 Å². The predicted molar refractivity (Wildman–Crippen MR) is 107 cm³/mol. The molecular weight excluding hydrogens is 402 g/mol. The zero-order valence-corrected chi connectivity index (χ0v) is 17.0. The maximum absolute atomic E-state index is 12.5. The van der Waals surface area contributed by atoms with E-state index >= 15 is 0 Å². The monoisotopic (exact) mass is 423 g/mol. The van der Waals surface area contributed by atoms with Crippen LogP contribution in [0, 0.1) is 0 Å². The number of aromatic nitrogens is 1. The van der Waals surface area contributed by atoms with Crippen molar-refractivity contribution in [2.45, 2.75) is 31.9 Å². The summed E-state index contributed by atoms with van der Waals surface area (Å²) in [6, 6.07) is 6.42. The number of aliphatic hydroxyl groups excluding tert-OH is 1. The number of aliphatic hydroxyl groups is 1. The first kappa shape index (κ1) is 20.6. The molecule has 2 aromatic rings. The molecule has 0 spiro atoms. The fourth-order valence-corrected chi connectivity index (χ4v) is 3.77. The Hall–Kier alpha value is -2.16. The number of rotatable bonds is 6. The normalized spacial score (nSPS) is 15.9. The van der Waals surface area contributed by atoms with Gasteiger partial charge in [0.15, 0.2) is 6.61 Å². The third-order valence-corrected chi connectivity index (χ3v) is 5.70. The van der Waals surface area contributed by atoms with Gasteiger partial charge in [-0.2, -0.15) is 0 Å².